The Kier molecular flexibility index (Phi) is 6.28. The molecule has 1 aliphatic heterocycles. The molecule has 3 heterocycles. The lowest BCUT2D eigenvalue weighted by Crippen LogP contribution is -2.31. The highest BCUT2D eigenvalue weighted by Gasteiger charge is 2.25. The van der Waals surface area contributed by atoms with Gasteiger partial charge in [-0.1, -0.05) is 19.8 Å². The summed E-state index contributed by atoms with van der Waals surface area (Å²) >= 11 is 0. The van der Waals surface area contributed by atoms with Crippen molar-refractivity contribution >= 4 is 28.1 Å². The highest BCUT2D eigenvalue weighted by molar-refractivity contribution is 5.87. The lowest BCUT2D eigenvalue weighted by Gasteiger charge is -2.24. The van der Waals surface area contributed by atoms with Gasteiger partial charge in [0.1, 0.15) is 0 Å². The second-order valence-electron chi connectivity index (χ2n) is 8.07. The van der Waals surface area contributed by atoms with Gasteiger partial charge in [0.15, 0.2) is 0 Å². The van der Waals surface area contributed by atoms with Gasteiger partial charge >= 0.3 is 5.69 Å². The third-order valence-electron chi connectivity index (χ3n) is 6.02. The molecule has 1 atom stereocenters. The number of unbranched alkanes of at least 4 members (excludes halogenated alkanes) is 2. The van der Waals surface area contributed by atoms with Crippen LogP contribution in [0.25, 0.3) is 10.9 Å². The van der Waals surface area contributed by atoms with E-state index in [1.165, 1.54) is 62.2 Å². The summed E-state index contributed by atoms with van der Waals surface area (Å²) in [5.41, 5.74) is 3.16. The van der Waals surface area contributed by atoms with Crippen molar-refractivity contribution in [3.8, 4) is 0 Å². The lowest BCUT2D eigenvalue weighted by molar-refractivity contribution is -0.384. The Bertz CT molecular complexity index is 1020. The molecule has 30 heavy (non-hydrogen) atoms. The van der Waals surface area contributed by atoms with Crippen molar-refractivity contribution in [3.05, 3.63) is 58.4 Å². The largest absolute Gasteiger partial charge is 0.361 e. The third-order valence-corrected chi connectivity index (χ3v) is 6.02. The topological polar surface area (TPSA) is 87.1 Å². The van der Waals surface area contributed by atoms with E-state index in [9.17, 15) is 10.1 Å². The quantitative estimate of drug-likeness (QED) is 0.281. The van der Waals surface area contributed by atoms with E-state index in [0.717, 1.165) is 17.6 Å². The summed E-state index contributed by atoms with van der Waals surface area (Å²) < 4.78 is 0. The van der Waals surface area contributed by atoms with Gasteiger partial charge in [-0.15, -0.1) is 0 Å². The van der Waals surface area contributed by atoms with Crippen molar-refractivity contribution in [2.75, 3.05) is 18.4 Å². The number of hydrogen-bond acceptors (Lipinski definition) is 5. The van der Waals surface area contributed by atoms with Crippen LogP contribution >= 0.6 is 0 Å². The van der Waals surface area contributed by atoms with Crippen LogP contribution in [0.3, 0.4) is 0 Å². The van der Waals surface area contributed by atoms with E-state index in [1.54, 1.807) is 12.3 Å². The first-order valence-electron chi connectivity index (χ1n) is 10.9. The third kappa shape index (κ3) is 4.46. The van der Waals surface area contributed by atoms with Crippen molar-refractivity contribution in [1.29, 1.82) is 0 Å². The SMILES string of the molecule is CCCCCN1CCC[C@@H]1Cc1c[nH]c2ccc(Nc3ncccc3[N+](=O)[O-])cc12. The minimum Gasteiger partial charge on any atom is -0.361 e. The minimum absolute atomic E-state index is 0.0273. The van der Waals surface area contributed by atoms with E-state index in [-0.39, 0.29) is 11.5 Å². The van der Waals surface area contributed by atoms with Crippen molar-refractivity contribution in [2.45, 2.75) is 51.5 Å². The monoisotopic (exact) mass is 407 g/mol. The van der Waals surface area contributed by atoms with Crippen molar-refractivity contribution in [1.82, 2.24) is 14.9 Å². The summed E-state index contributed by atoms with van der Waals surface area (Å²) in [6, 6.07) is 9.63. The van der Waals surface area contributed by atoms with Gasteiger partial charge in [0.05, 0.1) is 4.92 Å². The molecule has 3 aromatic rings. The molecular formula is C23H29N5O2. The molecule has 1 aliphatic rings. The first-order valence-corrected chi connectivity index (χ1v) is 10.9. The van der Waals surface area contributed by atoms with Crippen molar-refractivity contribution < 1.29 is 4.92 Å². The Morgan fingerprint density at radius 3 is 3.07 bits per heavy atom. The molecule has 0 bridgehead atoms. The van der Waals surface area contributed by atoms with Gasteiger partial charge in [0.2, 0.25) is 5.82 Å². The molecule has 7 heteroatoms. The van der Waals surface area contributed by atoms with Crippen LogP contribution in [0.4, 0.5) is 17.2 Å². The van der Waals surface area contributed by atoms with Gasteiger partial charge in [-0.05, 0) is 68.6 Å². The second kappa shape index (κ2) is 9.26. The normalized spacial score (nSPS) is 16.9. The highest BCUT2D eigenvalue weighted by atomic mass is 16.6. The smallest absolute Gasteiger partial charge is 0.311 e. The van der Waals surface area contributed by atoms with Crippen LogP contribution in [0.2, 0.25) is 0 Å². The fourth-order valence-corrected chi connectivity index (χ4v) is 4.44. The maximum absolute atomic E-state index is 11.3. The van der Waals surface area contributed by atoms with E-state index in [0.29, 0.717) is 6.04 Å². The fraction of sp³-hybridized carbons (Fsp3) is 0.435. The van der Waals surface area contributed by atoms with Gasteiger partial charge in [0, 0.05) is 41.1 Å². The molecule has 1 fully saturated rings. The van der Waals surface area contributed by atoms with Crippen LogP contribution in [0.15, 0.2) is 42.7 Å². The first kappa shape index (κ1) is 20.3. The number of pyridine rings is 1. The van der Waals surface area contributed by atoms with E-state index in [1.807, 2.05) is 12.1 Å². The van der Waals surface area contributed by atoms with Crippen molar-refractivity contribution in [3.63, 3.8) is 0 Å². The molecule has 0 amide bonds. The number of hydrogen-bond donors (Lipinski definition) is 2. The van der Waals surface area contributed by atoms with Crippen LogP contribution < -0.4 is 5.32 Å². The first-order chi connectivity index (χ1) is 14.7. The van der Waals surface area contributed by atoms with E-state index < -0.39 is 4.92 Å². The van der Waals surface area contributed by atoms with Crippen LogP contribution in [0, 0.1) is 10.1 Å². The molecule has 1 saturated heterocycles. The summed E-state index contributed by atoms with van der Waals surface area (Å²) in [5, 5.41) is 15.6. The Labute approximate surface area is 176 Å². The van der Waals surface area contributed by atoms with Crippen molar-refractivity contribution in [2.24, 2.45) is 0 Å². The van der Waals surface area contributed by atoms with Crippen LogP contribution in [-0.2, 0) is 6.42 Å². The standard InChI is InChI=1S/C23H29N5O2/c1-2-3-4-12-27-13-6-7-19(27)14-17-16-25-21-10-9-18(15-20(17)21)26-23-22(28(29)30)8-5-11-24-23/h5,8-11,15-16,19,25H,2-4,6-7,12-14H2,1H3,(H,24,26)/t19-/m1/s1. The number of benzene rings is 1. The number of H-pyrrole nitrogens is 1. The number of aromatic amines is 1. The van der Waals surface area contributed by atoms with E-state index in [4.69, 9.17) is 0 Å². The predicted molar refractivity (Wildman–Crippen MR) is 120 cm³/mol. The zero-order valence-electron chi connectivity index (χ0n) is 17.4. The number of rotatable bonds is 9. The Morgan fingerprint density at radius 1 is 1.33 bits per heavy atom. The molecule has 0 saturated carbocycles. The molecule has 158 valence electrons. The molecule has 2 N–H and O–H groups in total. The van der Waals surface area contributed by atoms with Gasteiger partial charge in [-0.3, -0.25) is 10.1 Å². The molecule has 0 aliphatic carbocycles. The molecule has 4 rings (SSSR count). The number of aromatic nitrogens is 2. The molecule has 0 radical (unpaired) electrons. The van der Waals surface area contributed by atoms with E-state index in [2.05, 4.69) is 39.4 Å². The lowest BCUT2D eigenvalue weighted by atomic mass is 10.0. The average Bonchev–Trinajstić information content (AvgIpc) is 3.36. The molecule has 7 nitrogen and oxygen atoms in total. The summed E-state index contributed by atoms with van der Waals surface area (Å²) in [6.45, 7) is 4.64. The van der Waals surface area contributed by atoms with Gasteiger partial charge in [0.25, 0.3) is 0 Å². The maximum atomic E-state index is 11.3. The predicted octanol–water partition coefficient (Wildman–Crippen LogP) is 5.41. The van der Waals surface area contributed by atoms with Gasteiger partial charge in [-0.2, -0.15) is 0 Å². The van der Waals surface area contributed by atoms with Crippen LogP contribution in [0.5, 0.6) is 0 Å². The second-order valence-corrected chi connectivity index (χ2v) is 8.07. The van der Waals surface area contributed by atoms with Crippen LogP contribution in [0.1, 0.15) is 44.6 Å². The molecular weight excluding hydrogens is 378 g/mol. The number of nitrogens with one attached hydrogen (secondary N) is 2. The highest BCUT2D eigenvalue weighted by Crippen LogP contribution is 2.30. The summed E-state index contributed by atoms with van der Waals surface area (Å²) in [7, 11) is 0. The fourth-order valence-electron chi connectivity index (χ4n) is 4.44. The summed E-state index contributed by atoms with van der Waals surface area (Å²) in [6.07, 6.45) is 11.0. The Balaban J connectivity index is 1.53. The molecule has 1 aromatic carbocycles. The van der Waals surface area contributed by atoms with Gasteiger partial charge < -0.3 is 15.2 Å². The van der Waals surface area contributed by atoms with E-state index >= 15 is 0 Å². The van der Waals surface area contributed by atoms with Crippen LogP contribution in [-0.4, -0.2) is 38.9 Å². The number of nitrogens with zero attached hydrogens (tertiary/aromatic N) is 3. The number of likely N-dealkylation sites (tertiary alicyclic amines) is 1. The summed E-state index contributed by atoms with van der Waals surface area (Å²) in [5.74, 6) is 0.261. The zero-order valence-corrected chi connectivity index (χ0v) is 17.4. The average molecular weight is 408 g/mol. The zero-order chi connectivity index (χ0) is 20.9. The number of anilines is 2. The Morgan fingerprint density at radius 2 is 2.23 bits per heavy atom. The molecule has 0 spiro atoms. The molecule has 2 aromatic heterocycles. The minimum atomic E-state index is -0.414. The Hall–Kier alpha value is -2.93. The molecule has 0 unspecified atom stereocenters. The van der Waals surface area contributed by atoms with Gasteiger partial charge in [-0.25, -0.2) is 4.98 Å². The maximum Gasteiger partial charge on any atom is 0.311 e. The number of nitro groups is 1. The number of fused-ring (bicyclic) bond motifs is 1. The summed E-state index contributed by atoms with van der Waals surface area (Å²) in [4.78, 5) is 21.0.